The molecular formula is C21H28O4. The number of phenols is 1. The number of Topliss-reactive ketones (excluding diaryl/α,β-unsaturated/α-hetero) is 1. The van der Waals surface area contributed by atoms with Crippen LogP contribution in [-0.2, 0) is 6.42 Å². The number of aliphatic hydroxyl groups is 1. The van der Waals surface area contributed by atoms with Gasteiger partial charge in [0.1, 0.15) is 17.6 Å². The molecule has 0 radical (unpaired) electrons. The van der Waals surface area contributed by atoms with Gasteiger partial charge in [-0.25, -0.2) is 0 Å². The maximum atomic E-state index is 12.4. The monoisotopic (exact) mass is 344 g/mol. The highest BCUT2D eigenvalue weighted by molar-refractivity contribution is 5.99. The van der Waals surface area contributed by atoms with E-state index in [9.17, 15) is 15.0 Å². The van der Waals surface area contributed by atoms with E-state index < -0.39 is 11.7 Å². The molecule has 1 aliphatic heterocycles. The van der Waals surface area contributed by atoms with Gasteiger partial charge in [0.25, 0.3) is 0 Å². The van der Waals surface area contributed by atoms with Crippen molar-refractivity contribution < 1.29 is 19.7 Å². The number of aryl methyl sites for hydroxylation is 1. The zero-order valence-corrected chi connectivity index (χ0v) is 15.6. The van der Waals surface area contributed by atoms with Crippen LogP contribution in [0.2, 0.25) is 0 Å². The molecule has 3 rings (SSSR count). The predicted octanol–water partition coefficient (Wildman–Crippen LogP) is 4.13. The van der Waals surface area contributed by atoms with Gasteiger partial charge in [0.2, 0.25) is 0 Å². The summed E-state index contributed by atoms with van der Waals surface area (Å²) in [7, 11) is 0. The summed E-state index contributed by atoms with van der Waals surface area (Å²) in [6.45, 7) is 11.4. The Balaban J connectivity index is 2.23. The molecule has 1 fully saturated rings. The summed E-state index contributed by atoms with van der Waals surface area (Å²) >= 11 is 0. The van der Waals surface area contributed by atoms with Gasteiger partial charge in [-0.3, -0.25) is 4.79 Å². The molecular weight excluding hydrogens is 316 g/mol. The number of allylic oxidation sites excluding steroid dienone is 1. The van der Waals surface area contributed by atoms with Gasteiger partial charge in [0, 0.05) is 11.5 Å². The summed E-state index contributed by atoms with van der Waals surface area (Å²) in [6, 6.07) is 1.71. The molecule has 1 aromatic rings. The number of fused-ring (bicyclic) bond motifs is 3. The van der Waals surface area contributed by atoms with E-state index in [1.807, 2.05) is 13.8 Å². The summed E-state index contributed by atoms with van der Waals surface area (Å²) in [5.74, 6) is 0.517. The summed E-state index contributed by atoms with van der Waals surface area (Å²) in [5.41, 5.74) is 2.06. The minimum atomic E-state index is -0.999. The molecule has 0 unspecified atom stereocenters. The molecule has 2 aliphatic rings. The highest BCUT2D eigenvalue weighted by atomic mass is 16.5. The third kappa shape index (κ3) is 2.77. The van der Waals surface area contributed by atoms with Gasteiger partial charge in [-0.2, -0.15) is 0 Å². The molecule has 25 heavy (non-hydrogen) atoms. The first-order valence-electron chi connectivity index (χ1n) is 9.13. The number of carbonyl (C=O) groups is 1. The van der Waals surface area contributed by atoms with Crippen molar-refractivity contribution in [1.82, 2.24) is 0 Å². The number of carbonyl (C=O) groups excluding carboxylic acids is 1. The molecule has 1 aromatic carbocycles. The molecule has 136 valence electrons. The first kappa shape index (κ1) is 18.0. The van der Waals surface area contributed by atoms with Crippen LogP contribution in [0.25, 0.3) is 0 Å². The minimum Gasteiger partial charge on any atom is -0.508 e. The van der Waals surface area contributed by atoms with Gasteiger partial charge < -0.3 is 14.9 Å². The van der Waals surface area contributed by atoms with Gasteiger partial charge in [-0.05, 0) is 57.6 Å². The molecule has 1 aliphatic carbocycles. The zero-order valence-electron chi connectivity index (χ0n) is 15.6. The van der Waals surface area contributed by atoms with Crippen LogP contribution in [0.1, 0.15) is 74.4 Å². The summed E-state index contributed by atoms with van der Waals surface area (Å²) in [6.07, 6.45) is 2.50. The molecule has 0 saturated heterocycles. The largest absolute Gasteiger partial charge is 0.508 e. The second kappa shape index (κ2) is 6.17. The van der Waals surface area contributed by atoms with E-state index in [4.69, 9.17) is 4.74 Å². The van der Waals surface area contributed by atoms with Crippen LogP contribution in [0.4, 0.5) is 0 Å². The van der Waals surface area contributed by atoms with E-state index in [1.165, 1.54) is 6.92 Å². The van der Waals surface area contributed by atoms with Crippen LogP contribution >= 0.6 is 0 Å². The van der Waals surface area contributed by atoms with E-state index in [0.29, 0.717) is 29.7 Å². The molecule has 4 nitrogen and oxygen atoms in total. The lowest BCUT2D eigenvalue weighted by Crippen LogP contribution is -2.50. The van der Waals surface area contributed by atoms with Gasteiger partial charge in [0.05, 0.1) is 11.2 Å². The normalized spacial score (nSPS) is 30.4. The summed E-state index contributed by atoms with van der Waals surface area (Å²) in [5, 5.41) is 21.6. The molecule has 0 spiro atoms. The third-order valence-corrected chi connectivity index (χ3v) is 5.80. The van der Waals surface area contributed by atoms with Crippen molar-refractivity contribution in [1.29, 1.82) is 0 Å². The van der Waals surface area contributed by atoms with Crippen molar-refractivity contribution in [3.8, 4) is 11.5 Å². The van der Waals surface area contributed by atoms with Crippen molar-refractivity contribution in [3.05, 3.63) is 34.9 Å². The lowest BCUT2D eigenvalue weighted by molar-refractivity contribution is -0.0825. The molecule has 0 amide bonds. The molecule has 4 atom stereocenters. The summed E-state index contributed by atoms with van der Waals surface area (Å²) in [4.78, 5) is 12.4. The number of benzene rings is 1. The third-order valence-electron chi connectivity index (χ3n) is 5.80. The van der Waals surface area contributed by atoms with Crippen molar-refractivity contribution in [2.24, 2.45) is 5.92 Å². The summed E-state index contributed by atoms with van der Waals surface area (Å²) < 4.78 is 6.19. The molecule has 1 heterocycles. The van der Waals surface area contributed by atoms with Crippen LogP contribution in [0.3, 0.4) is 0 Å². The Labute approximate surface area is 149 Å². The fraction of sp³-hybridized carbons (Fsp3) is 0.571. The van der Waals surface area contributed by atoms with Crippen molar-refractivity contribution >= 4 is 5.78 Å². The van der Waals surface area contributed by atoms with E-state index in [-0.39, 0.29) is 23.4 Å². The molecule has 0 bridgehead atoms. The second-order valence-electron chi connectivity index (χ2n) is 7.89. The van der Waals surface area contributed by atoms with E-state index in [2.05, 4.69) is 6.58 Å². The Kier molecular flexibility index (Phi) is 4.44. The quantitative estimate of drug-likeness (QED) is 0.637. The van der Waals surface area contributed by atoms with Gasteiger partial charge >= 0.3 is 0 Å². The van der Waals surface area contributed by atoms with Crippen LogP contribution in [-0.4, -0.2) is 27.7 Å². The number of hydrogen-bond donors (Lipinski definition) is 2. The molecule has 4 heteroatoms. The van der Waals surface area contributed by atoms with Gasteiger partial charge in [-0.1, -0.05) is 25.5 Å². The second-order valence-corrected chi connectivity index (χ2v) is 7.89. The van der Waals surface area contributed by atoms with Crippen LogP contribution in [0.15, 0.2) is 18.2 Å². The zero-order chi connectivity index (χ0) is 18.5. The lowest BCUT2D eigenvalue weighted by atomic mass is 9.66. The molecule has 2 N–H and O–H groups in total. The van der Waals surface area contributed by atoms with Crippen molar-refractivity contribution in [2.45, 2.75) is 71.0 Å². The fourth-order valence-electron chi connectivity index (χ4n) is 4.61. The highest BCUT2D eigenvalue weighted by Crippen LogP contribution is 2.57. The fourth-order valence-corrected chi connectivity index (χ4v) is 4.61. The number of hydrogen-bond acceptors (Lipinski definition) is 4. The standard InChI is InChI=1S/C21H28O4/c1-6-7-13-10-15(23)18-17-14(11(2)3)8-9-21(5,24)20(17)25-19(18)16(13)12(4)22/h10,14,17,20,23-24H,2,6-9H2,1,3-5H3/t14-,17+,20-,21-/m0/s1. The van der Waals surface area contributed by atoms with E-state index >= 15 is 0 Å². The lowest BCUT2D eigenvalue weighted by Gasteiger charge is -2.42. The number of aromatic hydroxyl groups is 1. The Morgan fingerprint density at radius 2 is 2.12 bits per heavy atom. The van der Waals surface area contributed by atoms with Gasteiger partial charge in [-0.15, -0.1) is 0 Å². The van der Waals surface area contributed by atoms with Crippen molar-refractivity contribution in [2.75, 3.05) is 0 Å². The number of ether oxygens (including phenoxy) is 1. The molecule has 1 saturated carbocycles. The predicted molar refractivity (Wildman–Crippen MR) is 97.4 cm³/mol. The van der Waals surface area contributed by atoms with E-state index in [0.717, 1.165) is 24.0 Å². The Morgan fingerprint density at radius 3 is 2.68 bits per heavy atom. The SMILES string of the molecule is C=C(C)[C@@H]1CC[C@](C)(O)[C@H]2Oc3c(C(C)=O)c(CCC)cc(O)c3[C@@H]12. The first-order valence-corrected chi connectivity index (χ1v) is 9.13. The number of rotatable bonds is 4. The maximum absolute atomic E-state index is 12.4. The first-order chi connectivity index (χ1) is 11.7. The minimum absolute atomic E-state index is 0.0649. The molecule has 0 aromatic heterocycles. The van der Waals surface area contributed by atoms with Crippen LogP contribution in [0, 0.1) is 5.92 Å². The topological polar surface area (TPSA) is 66.8 Å². The highest BCUT2D eigenvalue weighted by Gasteiger charge is 2.54. The van der Waals surface area contributed by atoms with Crippen LogP contribution in [0.5, 0.6) is 11.5 Å². The van der Waals surface area contributed by atoms with E-state index in [1.54, 1.807) is 13.0 Å². The number of phenolic OH excluding ortho intramolecular Hbond substituents is 1. The Bertz CT molecular complexity index is 732. The average molecular weight is 344 g/mol. The average Bonchev–Trinajstić information content (AvgIpc) is 2.88. The smallest absolute Gasteiger partial charge is 0.163 e. The maximum Gasteiger partial charge on any atom is 0.163 e. The van der Waals surface area contributed by atoms with Crippen LogP contribution < -0.4 is 4.74 Å². The van der Waals surface area contributed by atoms with Crippen molar-refractivity contribution in [3.63, 3.8) is 0 Å². The number of ketones is 1. The Hall–Kier alpha value is -1.81. The Morgan fingerprint density at radius 1 is 1.44 bits per heavy atom. The van der Waals surface area contributed by atoms with Gasteiger partial charge in [0.15, 0.2) is 5.78 Å².